The average Bonchev–Trinajstić information content (AvgIpc) is 3.41. The van der Waals surface area contributed by atoms with Gasteiger partial charge in [-0.15, -0.1) is 11.3 Å². The van der Waals surface area contributed by atoms with Gasteiger partial charge in [0.25, 0.3) is 11.8 Å². The largest absolute Gasteiger partial charge is 0.378 e. The summed E-state index contributed by atoms with van der Waals surface area (Å²) in [6, 6.07) is 17.8. The summed E-state index contributed by atoms with van der Waals surface area (Å²) in [5.41, 5.74) is 3.45. The number of anilines is 2. The molecule has 2 N–H and O–H groups in total. The number of ether oxygens (including phenoxy) is 1. The number of hydrogen-bond acceptors (Lipinski definition) is 6. The maximum atomic E-state index is 13.5. The third-order valence-corrected chi connectivity index (χ3v) is 8.02. The van der Waals surface area contributed by atoms with Gasteiger partial charge in [0.05, 0.1) is 18.8 Å². The Bertz CT molecular complexity index is 1130. The summed E-state index contributed by atoms with van der Waals surface area (Å²) in [6.07, 6.45) is 0. The molecule has 1 aromatic heterocycles. The van der Waals surface area contributed by atoms with Crippen molar-refractivity contribution in [2.45, 2.75) is 17.2 Å². The zero-order chi connectivity index (χ0) is 22.1. The van der Waals surface area contributed by atoms with Crippen LogP contribution in [0.15, 0.2) is 59.5 Å². The van der Waals surface area contributed by atoms with E-state index in [0.717, 1.165) is 26.6 Å². The lowest BCUT2D eigenvalue weighted by Crippen LogP contribution is -2.41. The van der Waals surface area contributed by atoms with Gasteiger partial charge < -0.3 is 20.3 Å². The van der Waals surface area contributed by atoms with Crippen molar-refractivity contribution in [3.63, 3.8) is 0 Å². The van der Waals surface area contributed by atoms with Gasteiger partial charge in [-0.1, -0.05) is 54.2 Å². The molecule has 0 radical (unpaired) electrons. The zero-order valence-corrected chi connectivity index (χ0v) is 19.2. The van der Waals surface area contributed by atoms with Gasteiger partial charge >= 0.3 is 0 Å². The fraction of sp³-hybridized carbons (Fsp3) is 0.250. The number of carbonyl (C=O) groups is 2. The van der Waals surface area contributed by atoms with Crippen molar-refractivity contribution in [2.24, 2.45) is 0 Å². The predicted octanol–water partition coefficient (Wildman–Crippen LogP) is 4.68. The van der Waals surface area contributed by atoms with Crippen LogP contribution in [0.3, 0.4) is 0 Å². The van der Waals surface area contributed by atoms with Crippen LogP contribution in [0.5, 0.6) is 0 Å². The van der Waals surface area contributed by atoms with Crippen LogP contribution in [0.1, 0.15) is 15.9 Å². The number of nitrogens with zero attached hydrogens (tertiary/aromatic N) is 1. The van der Waals surface area contributed by atoms with E-state index in [4.69, 9.17) is 4.74 Å². The van der Waals surface area contributed by atoms with Gasteiger partial charge in [0, 0.05) is 28.5 Å². The molecular formula is C24H23N3O3S2. The Hall–Kier alpha value is -2.81. The molecule has 3 aromatic rings. The maximum Gasteiger partial charge on any atom is 0.258 e. The molecule has 2 amide bonds. The van der Waals surface area contributed by atoms with Crippen molar-refractivity contribution < 1.29 is 14.3 Å². The second-order valence-corrected chi connectivity index (χ2v) is 9.83. The minimum atomic E-state index is -0.443. The number of hydrogen-bond donors (Lipinski definition) is 2. The summed E-state index contributed by atoms with van der Waals surface area (Å²) in [5.74, 6) is -0.224. The third-order valence-electron chi connectivity index (χ3n) is 5.59. The summed E-state index contributed by atoms with van der Waals surface area (Å²) in [7, 11) is 0. The summed E-state index contributed by atoms with van der Waals surface area (Å²) in [5, 5.41) is 6.47. The molecule has 6 nitrogen and oxygen atoms in total. The van der Waals surface area contributed by atoms with E-state index in [1.165, 1.54) is 23.1 Å². The number of para-hydroxylation sites is 1. The van der Waals surface area contributed by atoms with E-state index in [1.54, 1.807) is 4.90 Å². The van der Waals surface area contributed by atoms with E-state index in [9.17, 15) is 9.59 Å². The first-order valence-electron chi connectivity index (χ1n) is 10.5. The normalized spacial score (nSPS) is 17.5. The molecule has 1 unspecified atom stereocenters. The standard InChI is InChI=1S/C24H23N3O3S2/c1-15-19(24(29)27-11-13-30-14-12-27)22(32-20(15)16-7-3-2-4-8-16)26-21(28)23-25-17-9-5-6-10-18(17)31-23/h2-10,23,25H,11-14H2,1H3,(H,26,28). The van der Waals surface area contributed by atoms with Crippen molar-refractivity contribution in [3.8, 4) is 10.4 Å². The molecule has 1 atom stereocenters. The van der Waals surface area contributed by atoms with Crippen LogP contribution in [0.4, 0.5) is 10.7 Å². The van der Waals surface area contributed by atoms with Gasteiger partial charge in [0.2, 0.25) is 0 Å². The first-order chi connectivity index (χ1) is 15.6. The highest BCUT2D eigenvalue weighted by molar-refractivity contribution is 8.01. The van der Waals surface area contributed by atoms with Crippen molar-refractivity contribution in [1.82, 2.24) is 4.90 Å². The summed E-state index contributed by atoms with van der Waals surface area (Å²) in [4.78, 5) is 30.5. The molecule has 5 rings (SSSR count). The second kappa shape index (κ2) is 8.97. The lowest BCUT2D eigenvalue weighted by atomic mass is 10.1. The molecular weight excluding hydrogens is 442 g/mol. The fourth-order valence-corrected chi connectivity index (χ4v) is 6.16. The Morgan fingerprint density at radius 1 is 1.06 bits per heavy atom. The summed E-state index contributed by atoms with van der Waals surface area (Å²) < 4.78 is 5.41. The van der Waals surface area contributed by atoms with Crippen molar-refractivity contribution in [2.75, 3.05) is 36.9 Å². The minimum Gasteiger partial charge on any atom is -0.378 e. The molecule has 0 aliphatic carbocycles. The molecule has 3 heterocycles. The third kappa shape index (κ3) is 4.01. The molecule has 1 saturated heterocycles. The van der Waals surface area contributed by atoms with Crippen molar-refractivity contribution in [3.05, 3.63) is 65.7 Å². The van der Waals surface area contributed by atoms with Crippen molar-refractivity contribution >= 4 is 45.6 Å². The number of thioether (sulfide) groups is 1. The number of morpholine rings is 1. The molecule has 2 aliphatic rings. The lowest BCUT2D eigenvalue weighted by Gasteiger charge is -2.27. The van der Waals surface area contributed by atoms with Gasteiger partial charge in [0.15, 0.2) is 5.37 Å². The van der Waals surface area contributed by atoms with Crippen molar-refractivity contribution in [1.29, 1.82) is 0 Å². The zero-order valence-electron chi connectivity index (χ0n) is 17.6. The van der Waals surface area contributed by atoms with Gasteiger partial charge in [0.1, 0.15) is 5.00 Å². The highest BCUT2D eigenvalue weighted by Crippen LogP contribution is 2.42. The van der Waals surface area contributed by atoms with E-state index < -0.39 is 5.37 Å². The Morgan fingerprint density at radius 2 is 1.78 bits per heavy atom. The van der Waals surface area contributed by atoms with Crippen LogP contribution < -0.4 is 10.6 Å². The Kier molecular flexibility index (Phi) is 5.91. The second-order valence-electron chi connectivity index (χ2n) is 7.66. The molecule has 2 aromatic carbocycles. The number of nitrogens with one attached hydrogen (secondary N) is 2. The molecule has 2 aliphatic heterocycles. The first kappa shape index (κ1) is 21.1. The van der Waals surface area contributed by atoms with E-state index in [-0.39, 0.29) is 11.8 Å². The van der Waals surface area contributed by atoms with Crippen LogP contribution in [0, 0.1) is 6.92 Å². The number of benzene rings is 2. The van der Waals surface area contributed by atoms with E-state index in [2.05, 4.69) is 10.6 Å². The molecule has 8 heteroatoms. The molecule has 0 spiro atoms. The van der Waals surface area contributed by atoms with Crippen LogP contribution in [-0.4, -0.2) is 48.4 Å². The number of carbonyl (C=O) groups excluding carboxylic acids is 2. The van der Waals surface area contributed by atoms with E-state index in [1.807, 2.05) is 61.5 Å². The Labute approximate surface area is 195 Å². The van der Waals surface area contributed by atoms with Gasteiger partial charge in [-0.05, 0) is 30.2 Å². The smallest absolute Gasteiger partial charge is 0.258 e. The minimum absolute atomic E-state index is 0.0603. The SMILES string of the molecule is Cc1c(-c2ccccc2)sc(NC(=O)C2Nc3ccccc3S2)c1C(=O)N1CCOCC1. The highest BCUT2D eigenvalue weighted by Gasteiger charge is 2.31. The molecule has 32 heavy (non-hydrogen) atoms. The lowest BCUT2D eigenvalue weighted by molar-refractivity contribution is -0.115. The molecule has 0 saturated carbocycles. The summed E-state index contributed by atoms with van der Waals surface area (Å²) in [6.45, 7) is 4.13. The number of amides is 2. The maximum absolute atomic E-state index is 13.5. The van der Waals surface area contributed by atoms with Gasteiger partial charge in [-0.25, -0.2) is 0 Å². The Balaban J connectivity index is 1.46. The van der Waals surface area contributed by atoms with Crippen LogP contribution in [0.25, 0.3) is 10.4 Å². The van der Waals surface area contributed by atoms with Crippen LogP contribution >= 0.6 is 23.1 Å². The predicted molar refractivity (Wildman–Crippen MR) is 130 cm³/mol. The average molecular weight is 466 g/mol. The molecule has 1 fully saturated rings. The number of fused-ring (bicyclic) bond motifs is 1. The molecule has 164 valence electrons. The van der Waals surface area contributed by atoms with Crippen LogP contribution in [0.2, 0.25) is 0 Å². The molecule has 0 bridgehead atoms. The highest BCUT2D eigenvalue weighted by atomic mass is 32.2. The fourth-order valence-electron chi connectivity index (χ4n) is 3.93. The van der Waals surface area contributed by atoms with Gasteiger partial charge in [-0.2, -0.15) is 0 Å². The topological polar surface area (TPSA) is 70.7 Å². The van der Waals surface area contributed by atoms with E-state index >= 15 is 0 Å². The first-order valence-corrected chi connectivity index (χ1v) is 12.2. The monoisotopic (exact) mass is 465 g/mol. The Morgan fingerprint density at radius 3 is 2.53 bits per heavy atom. The summed E-state index contributed by atoms with van der Waals surface area (Å²) >= 11 is 2.94. The van der Waals surface area contributed by atoms with Crippen LogP contribution in [-0.2, 0) is 9.53 Å². The number of rotatable bonds is 4. The number of thiophene rings is 1. The van der Waals surface area contributed by atoms with E-state index in [0.29, 0.717) is 36.9 Å². The quantitative estimate of drug-likeness (QED) is 0.586. The van der Waals surface area contributed by atoms with Gasteiger partial charge in [-0.3, -0.25) is 9.59 Å².